The van der Waals surface area contributed by atoms with E-state index in [2.05, 4.69) is 13.8 Å². The van der Waals surface area contributed by atoms with Crippen molar-refractivity contribution in [2.24, 2.45) is 0 Å². The van der Waals surface area contributed by atoms with Gasteiger partial charge in [0, 0.05) is 13.2 Å². The largest absolute Gasteiger partial charge is 0.756 e. The van der Waals surface area contributed by atoms with Crippen molar-refractivity contribution in [2.45, 2.75) is 200 Å². The van der Waals surface area contributed by atoms with Crippen LogP contribution in [-0.4, -0.2) is 82.3 Å². The average Bonchev–Trinajstić information content (AvgIpc) is 3.04. The molecule has 0 bridgehead atoms. The highest BCUT2D eigenvalue weighted by molar-refractivity contribution is 7.45. The predicted molar refractivity (Wildman–Crippen MR) is 211 cm³/mol. The average molecular weight is 742 g/mol. The summed E-state index contributed by atoms with van der Waals surface area (Å²) in [5.74, 6) is 0. The zero-order valence-electron chi connectivity index (χ0n) is 34.0. The number of rotatable bonds is 40. The molecule has 0 saturated heterocycles. The number of hydrogen-bond acceptors (Lipinski definition) is 6. The van der Waals surface area contributed by atoms with Crippen LogP contribution in [-0.2, 0) is 23.1 Å². The van der Waals surface area contributed by atoms with Crippen LogP contribution < -0.4 is 4.89 Å². The second kappa shape index (κ2) is 40.1. The summed E-state index contributed by atoms with van der Waals surface area (Å²) in [6, 6.07) is 0. The van der Waals surface area contributed by atoms with Crippen LogP contribution in [0.3, 0.4) is 0 Å². The Morgan fingerprint density at radius 1 is 0.480 bits per heavy atom. The van der Waals surface area contributed by atoms with Gasteiger partial charge in [-0.15, -0.1) is 0 Å². The third-order valence-corrected chi connectivity index (χ3v) is 10.2. The monoisotopic (exact) mass is 742 g/mol. The van der Waals surface area contributed by atoms with E-state index in [1.54, 1.807) is 0 Å². The molecule has 2 atom stereocenters. The molecule has 0 aromatic heterocycles. The number of unbranched alkanes of at least 4 members (excludes halogenated alkanes) is 26. The summed E-state index contributed by atoms with van der Waals surface area (Å²) >= 11 is 0. The molecule has 0 amide bonds. The molecule has 0 aliphatic carbocycles. The van der Waals surface area contributed by atoms with Crippen LogP contribution in [0.5, 0.6) is 0 Å². The zero-order valence-corrected chi connectivity index (χ0v) is 34.9. The lowest BCUT2D eigenvalue weighted by Gasteiger charge is -2.28. The van der Waals surface area contributed by atoms with Crippen LogP contribution in [0.2, 0.25) is 0 Å². The molecule has 0 aromatic rings. The van der Waals surface area contributed by atoms with Crippen LogP contribution >= 0.6 is 7.82 Å². The normalized spacial score (nSPS) is 13.5. The van der Waals surface area contributed by atoms with Crippen LogP contribution in [0, 0.1) is 0 Å². The van der Waals surface area contributed by atoms with Gasteiger partial charge in [-0.1, -0.05) is 181 Å². The van der Waals surface area contributed by atoms with E-state index in [0.717, 1.165) is 19.3 Å². The van der Waals surface area contributed by atoms with Gasteiger partial charge in [-0.3, -0.25) is 4.57 Å². The van der Waals surface area contributed by atoms with Crippen molar-refractivity contribution in [2.75, 3.05) is 60.7 Å². The summed E-state index contributed by atoms with van der Waals surface area (Å²) in [5, 5.41) is 0. The fraction of sp³-hybridized carbons (Fsp3) is 1.00. The topological polar surface area (TPSA) is 140 Å². The Bertz CT molecular complexity index is 695. The molecule has 0 radical (unpaired) electrons. The molecule has 0 aromatic carbocycles. The van der Waals surface area contributed by atoms with E-state index in [1.807, 2.05) is 21.1 Å². The zero-order chi connectivity index (χ0) is 35.4. The Morgan fingerprint density at radius 2 is 0.820 bits per heavy atom. The van der Waals surface area contributed by atoms with Gasteiger partial charge in [0.15, 0.2) is 0 Å². The standard InChI is InChI=1S/C40H84NO6P.2H2O/c1-6-8-10-12-14-16-18-20-22-24-26-28-30-32-35-44-38-40(39-47-48(42,43)46-37-34-41(3,4)5)45-36-33-31-29-27-25-23-21-19-17-15-13-11-9-7-2;;/h40H,6-39H2,1-5H3;2*1H2/t40-;;/m1../s1. The Kier molecular flexibility index (Phi) is 43.5. The molecular formula is C40H88NO8P. The lowest BCUT2D eigenvalue weighted by molar-refractivity contribution is -0.870. The Balaban J connectivity index is -0.0000110. The highest BCUT2D eigenvalue weighted by Crippen LogP contribution is 2.38. The maximum Gasteiger partial charge on any atom is 0.268 e. The Morgan fingerprint density at radius 3 is 1.18 bits per heavy atom. The maximum atomic E-state index is 12.3. The number of likely N-dealkylation sites (N-methyl/N-ethyl adjacent to an activating group) is 1. The van der Waals surface area contributed by atoms with Gasteiger partial charge in [-0.25, -0.2) is 0 Å². The first kappa shape index (κ1) is 54.3. The molecule has 0 saturated carbocycles. The minimum absolute atomic E-state index is 0. The minimum atomic E-state index is -4.38. The number of phosphoric ester groups is 1. The van der Waals surface area contributed by atoms with Crippen molar-refractivity contribution >= 4 is 7.82 Å². The third kappa shape index (κ3) is 44.1. The van der Waals surface area contributed by atoms with Crippen LogP contribution in [0.15, 0.2) is 0 Å². The molecule has 306 valence electrons. The molecule has 4 N–H and O–H groups in total. The molecule has 0 aliphatic heterocycles. The van der Waals surface area contributed by atoms with E-state index in [-0.39, 0.29) is 24.2 Å². The number of hydrogen-bond donors (Lipinski definition) is 0. The van der Waals surface area contributed by atoms with Crippen LogP contribution in [0.1, 0.15) is 194 Å². The summed E-state index contributed by atoms with van der Waals surface area (Å²) in [6.07, 6.45) is 36.6. The molecule has 10 heteroatoms. The second-order valence-electron chi connectivity index (χ2n) is 15.4. The quantitative estimate of drug-likeness (QED) is 0.0348. The lowest BCUT2D eigenvalue weighted by atomic mass is 10.0. The summed E-state index contributed by atoms with van der Waals surface area (Å²) in [5.41, 5.74) is 0. The lowest BCUT2D eigenvalue weighted by Crippen LogP contribution is -2.37. The fourth-order valence-electron chi connectivity index (χ4n) is 5.94. The first-order chi connectivity index (χ1) is 23.2. The van der Waals surface area contributed by atoms with Gasteiger partial charge >= 0.3 is 0 Å². The molecule has 0 rings (SSSR count). The smallest absolute Gasteiger partial charge is 0.268 e. The van der Waals surface area contributed by atoms with Crippen molar-refractivity contribution < 1.29 is 43.4 Å². The van der Waals surface area contributed by atoms with Crippen molar-refractivity contribution in [3.05, 3.63) is 0 Å². The Hall–Kier alpha value is -0.0900. The summed E-state index contributed by atoms with van der Waals surface area (Å²) < 4.78 is 35.3. The molecule has 50 heavy (non-hydrogen) atoms. The van der Waals surface area contributed by atoms with Gasteiger partial charge in [0.1, 0.15) is 19.3 Å². The highest BCUT2D eigenvalue weighted by atomic mass is 31.2. The first-order valence-corrected chi connectivity index (χ1v) is 22.3. The van der Waals surface area contributed by atoms with E-state index in [9.17, 15) is 9.46 Å². The van der Waals surface area contributed by atoms with Gasteiger partial charge in [-0.05, 0) is 12.8 Å². The summed E-state index contributed by atoms with van der Waals surface area (Å²) in [6.45, 7) is 6.78. The summed E-state index contributed by atoms with van der Waals surface area (Å²) in [4.78, 5) is 12.3. The molecule has 1 unspecified atom stereocenters. The Labute approximate surface area is 311 Å². The third-order valence-electron chi connectivity index (χ3n) is 9.23. The number of phosphoric acid groups is 1. The van der Waals surface area contributed by atoms with Gasteiger partial charge in [0.05, 0.1) is 34.4 Å². The molecule has 9 nitrogen and oxygen atoms in total. The van der Waals surface area contributed by atoms with Gasteiger partial charge in [-0.2, -0.15) is 0 Å². The van der Waals surface area contributed by atoms with E-state index < -0.39 is 13.9 Å². The molecule has 0 spiro atoms. The number of ether oxygens (including phenoxy) is 2. The second-order valence-corrected chi connectivity index (χ2v) is 16.8. The SMILES string of the molecule is CCCCCCCCCCCCCCCCOC[C@H](COP(=O)([O-])OCC[N+](C)(C)C)OCCCCCCCCCCCCCCCC.O.O. The van der Waals surface area contributed by atoms with Crippen molar-refractivity contribution in [3.8, 4) is 0 Å². The van der Waals surface area contributed by atoms with Crippen LogP contribution in [0.25, 0.3) is 0 Å². The van der Waals surface area contributed by atoms with Crippen molar-refractivity contribution in [1.82, 2.24) is 0 Å². The van der Waals surface area contributed by atoms with E-state index in [4.69, 9.17) is 18.5 Å². The first-order valence-electron chi connectivity index (χ1n) is 20.8. The van der Waals surface area contributed by atoms with Gasteiger partial charge in [0.2, 0.25) is 0 Å². The molecular weight excluding hydrogens is 653 g/mol. The van der Waals surface area contributed by atoms with E-state index >= 15 is 0 Å². The number of nitrogens with zero attached hydrogens (tertiary/aromatic N) is 1. The van der Waals surface area contributed by atoms with Crippen LogP contribution in [0.4, 0.5) is 0 Å². The van der Waals surface area contributed by atoms with Crippen molar-refractivity contribution in [1.29, 1.82) is 0 Å². The highest BCUT2D eigenvalue weighted by Gasteiger charge is 2.18. The minimum Gasteiger partial charge on any atom is -0.756 e. The molecule has 0 heterocycles. The predicted octanol–water partition coefficient (Wildman–Crippen LogP) is 9.91. The number of quaternary nitrogens is 1. The van der Waals surface area contributed by atoms with Gasteiger partial charge in [0.25, 0.3) is 7.82 Å². The van der Waals surface area contributed by atoms with Crippen molar-refractivity contribution in [3.63, 3.8) is 0 Å². The van der Waals surface area contributed by atoms with E-state index in [0.29, 0.717) is 30.8 Å². The molecule has 0 fully saturated rings. The van der Waals surface area contributed by atoms with Gasteiger partial charge < -0.3 is 38.9 Å². The summed E-state index contributed by atoms with van der Waals surface area (Å²) in [7, 11) is 1.61. The molecule has 0 aliphatic rings. The fourth-order valence-corrected chi connectivity index (χ4v) is 6.67. The maximum absolute atomic E-state index is 12.3. The van der Waals surface area contributed by atoms with E-state index in [1.165, 1.54) is 161 Å².